The molecule has 0 unspecified atom stereocenters. The predicted molar refractivity (Wildman–Crippen MR) is 111 cm³/mol. The van der Waals surface area contributed by atoms with Crippen LogP contribution in [-0.4, -0.2) is 19.1 Å². The van der Waals surface area contributed by atoms with Crippen LogP contribution in [-0.2, 0) is 11.4 Å². The van der Waals surface area contributed by atoms with Crippen LogP contribution in [0.1, 0.15) is 37.7 Å². The van der Waals surface area contributed by atoms with Gasteiger partial charge in [0.2, 0.25) is 5.91 Å². The molecule has 0 bridgehead atoms. The molecule has 28 heavy (non-hydrogen) atoms. The van der Waals surface area contributed by atoms with Gasteiger partial charge in [0.15, 0.2) is 0 Å². The number of ether oxygens (including phenoxy) is 2. The fourth-order valence-corrected chi connectivity index (χ4v) is 3.19. The zero-order valence-corrected chi connectivity index (χ0v) is 16.3. The third-order valence-electron chi connectivity index (χ3n) is 4.79. The lowest BCUT2D eigenvalue weighted by Gasteiger charge is -2.10. The average Bonchev–Trinajstić information content (AvgIpc) is 3.23. The summed E-state index contributed by atoms with van der Waals surface area (Å²) >= 11 is 0. The lowest BCUT2D eigenvalue weighted by Crippen LogP contribution is -2.26. The van der Waals surface area contributed by atoms with E-state index in [-0.39, 0.29) is 5.91 Å². The summed E-state index contributed by atoms with van der Waals surface area (Å²) in [6.07, 6.45) is 8.99. The number of rotatable bonds is 11. The number of nitrogens with one attached hydrogen (secondary N) is 1. The summed E-state index contributed by atoms with van der Waals surface area (Å²) in [5.41, 5.74) is 1.15. The van der Waals surface area contributed by atoms with Gasteiger partial charge >= 0.3 is 0 Å². The first-order valence-electron chi connectivity index (χ1n) is 10.1. The molecule has 1 atom stereocenters. The van der Waals surface area contributed by atoms with Gasteiger partial charge < -0.3 is 14.8 Å². The molecule has 1 amide bonds. The second-order valence-electron chi connectivity index (χ2n) is 7.12. The van der Waals surface area contributed by atoms with Crippen molar-refractivity contribution in [1.29, 1.82) is 0 Å². The molecule has 0 saturated heterocycles. The lowest BCUT2D eigenvalue weighted by atomic mass is 10.1. The van der Waals surface area contributed by atoms with Crippen molar-refractivity contribution in [3.63, 3.8) is 0 Å². The van der Waals surface area contributed by atoms with Crippen LogP contribution in [0.3, 0.4) is 0 Å². The van der Waals surface area contributed by atoms with Crippen LogP contribution in [0.25, 0.3) is 0 Å². The largest absolute Gasteiger partial charge is 0.494 e. The Morgan fingerprint density at radius 2 is 1.71 bits per heavy atom. The number of benzene rings is 2. The van der Waals surface area contributed by atoms with Crippen molar-refractivity contribution in [2.75, 3.05) is 13.2 Å². The average molecular weight is 380 g/mol. The van der Waals surface area contributed by atoms with Crippen molar-refractivity contribution in [3.05, 3.63) is 72.3 Å². The zero-order valence-electron chi connectivity index (χ0n) is 16.3. The smallest absolute Gasteiger partial charge is 0.220 e. The number of carbonyl (C=O) groups excluding carboxylic acids is 1. The Balaban J connectivity index is 1.24. The first-order chi connectivity index (χ1) is 13.8. The van der Waals surface area contributed by atoms with E-state index in [9.17, 15) is 4.79 Å². The molecule has 0 fully saturated rings. The molecule has 4 nitrogen and oxygen atoms in total. The third kappa shape index (κ3) is 7.10. The highest BCUT2D eigenvalue weighted by atomic mass is 16.5. The normalized spacial score (nSPS) is 15.4. The SMILES string of the molecule is O=C(C[C@@H]1C=CCC1)NCCCCOc1ccc(OCc2ccccc2)cc1. The summed E-state index contributed by atoms with van der Waals surface area (Å²) in [6.45, 7) is 1.92. The third-order valence-corrected chi connectivity index (χ3v) is 4.79. The van der Waals surface area contributed by atoms with E-state index in [4.69, 9.17) is 9.47 Å². The van der Waals surface area contributed by atoms with Crippen molar-refractivity contribution in [2.45, 2.75) is 38.7 Å². The van der Waals surface area contributed by atoms with E-state index in [2.05, 4.69) is 17.5 Å². The molecule has 2 aromatic carbocycles. The molecule has 3 rings (SSSR count). The summed E-state index contributed by atoms with van der Waals surface area (Å²) in [5, 5.41) is 3.00. The molecule has 148 valence electrons. The van der Waals surface area contributed by atoms with Crippen molar-refractivity contribution in [2.24, 2.45) is 5.92 Å². The van der Waals surface area contributed by atoms with E-state index < -0.39 is 0 Å². The Kier molecular flexibility index (Phi) is 7.98. The Morgan fingerprint density at radius 3 is 2.43 bits per heavy atom. The molecule has 1 aliphatic rings. The monoisotopic (exact) mass is 379 g/mol. The molecule has 0 saturated carbocycles. The summed E-state index contributed by atoms with van der Waals surface area (Å²) in [7, 11) is 0. The maximum atomic E-state index is 11.8. The maximum absolute atomic E-state index is 11.8. The summed E-state index contributed by atoms with van der Waals surface area (Å²) in [6, 6.07) is 17.8. The lowest BCUT2D eigenvalue weighted by molar-refractivity contribution is -0.121. The minimum absolute atomic E-state index is 0.156. The van der Waals surface area contributed by atoms with Gasteiger partial charge in [0.1, 0.15) is 18.1 Å². The number of allylic oxidation sites excluding steroid dienone is 2. The molecule has 0 aromatic heterocycles. The summed E-state index contributed by atoms with van der Waals surface area (Å²) < 4.78 is 11.5. The van der Waals surface area contributed by atoms with Gasteiger partial charge in [-0.1, -0.05) is 42.5 Å². The quantitative estimate of drug-likeness (QED) is 0.446. The van der Waals surface area contributed by atoms with Gasteiger partial charge in [0.25, 0.3) is 0 Å². The van der Waals surface area contributed by atoms with E-state index in [1.165, 1.54) is 0 Å². The van der Waals surface area contributed by atoms with Gasteiger partial charge in [-0.2, -0.15) is 0 Å². The molecule has 1 N–H and O–H groups in total. The zero-order chi connectivity index (χ0) is 19.4. The highest BCUT2D eigenvalue weighted by molar-refractivity contribution is 5.76. The molecular weight excluding hydrogens is 350 g/mol. The summed E-state index contributed by atoms with van der Waals surface area (Å²) in [4.78, 5) is 11.8. The fraction of sp³-hybridized carbons (Fsp3) is 0.375. The Labute approximate surface area is 167 Å². The maximum Gasteiger partial charge on any atom is 0.220 e. The Hall–Kier alpha value is -2.75. The van der Waals surface area contributed by atoms with Crippen LogP contribution < -0.4 is 14.8 Å². The van der Waals surface area contributed by atoms with Crippen LogP contribution in [0.5, 0.6) is 11.5 Å². The minimum Gasteiger partial charge on any atom is -0.494 e. The Bertz CT molecular complexity index is 740. The van der Waals surface area contributed by atoms with Gasteiger partial charge in [-0.15, -0.1) is 0 Å². The highest BCUT2D eigenvalue weighted by Gasteiger charge is 2.13. The van der Waals surface area contributed by atoms with Crippen LogP contribution in [0.15, 0.2) is 66.7 Å². The second-order valence-corrected chi connectivity index (χ2v) is 7.12. The van der Waals surface area contributed by atoms with Gasteiger partial charge in [0, 0.05) is 13.0 Å². The number of unbranched alkanes of at least 4 members (excludes halogenated alkanes) is 1. The summed E-state index contributed by atoms with van der Waals surface area (Å²) in [5.74, 6) is 2.26. The number of hydrogen-bond donors (Lipinski definition) is 1. The van der Waals surface area contributed by atoms with E-state index in [1.807, 2.05) is 54.6 Å². The standard InChI is InChI=1S/C24H29NO3/c26-24(18-20-8-4-5-9-20)25-16-6-7-17-27-22-12-14-23(15-13-22)28-19-21-10-2-1-3-11-21/h1-4,8,10-15,20H,5-7,9,16-19H2,(H,25,26)/t20-/m1/s1. The minimum atomic E-state index is 0.156. The number of carbonyl (C=O) groups is 1. The first kappa shape index (κ1) is 20.0. The van der Waals surface area contributed by atoms with E-state index in [0.29, 0.717) is 32.1 Å². The molecule has 0 radical (unpaired) electrons. The van der Waals surface area contributed by atoms with Crippen LogP contribution in [0.4, 0.5) is 0 Å². The Morgan fingerprint density at radius 1 is 0.964 bits per heavy atom. The fourth-order valence-electron chi connectivity index (χ4n) is 3.19. The van der Waals surface area contributed by atoms with E-state index in [1.54, 1.807) is 0 Å². The molecule has 1 aliphatic carbocycles. The van der Waals surface area contributed by atoms with Gasteiger partial charge in [0.05, 0.1) is 6.61 Å². The molecule has 0 aliphatic heterocycles. The van der Waals surface area contributed by atoms with Crippen LogP contribution >= 0.6 is 0 Å². The van der Waals surface area contributed by atoms with Crippen molar-refractivity contribution < 1.29 is 14.3 Å². The predicted octanol–water partition coefficient (Wildman–Crippen LogP) is 4.90. The number of hydrogen-bond acceptors (Lipinski definition) is 3. The topological polar surface area (TPSA) is 47.6 Å². The van der Waals surface area contributed by atoms with Crippen molar-refractivity contribution >= 4 is 5.91 Å². The van der Waals surface area contributed by atoms with Gasteiger partial charge in [-0.05, 0) is 61.4 Å². The van der Waals surface area contributed by atoms with Crippen molar-refractivity contribution in [3.8, 4) is 11.5 Å². The highest BCUT2D eigenvalue weighted by Crippen LogP contribution is 2.20. The molecule has 2 aromatic rings. The van der Waals surface area contributed by atoms with E-state index >= 15 is 0 Å². The second kappa shape index (κ2) is 11.2. The molecular formula is C24H29NO3. The number of amides is 1. The van der Waals surface area contributed by atoms with Gasteiger partial charge in [-0.3, -0.25) is 4.79 Å². The first-order valence-corrected chi connectivity index (χ1v) is 10.1. The molecule has 4 heteroatoms. The van der Waals surface area contributed by atoms with E-state index in [0.717, 1.165) is 42.7 Å². The molecule has 0 heterocycles. The van der Waals surface area contributed by atoms with Crippen molar-refractivity contribution in [1.82, 2.24) is 5.32 Å². The van der Waals surface area contributed by atoms with Crippen LogP contribution in [0.2, 0.25) is 0 Å². The van der Waals surface area contributed by atoms with Crippen LogP contribution in [0, 0.1) is 5.92 Å². The molecule has 0 spiro atoms. The van der Waals surface area contributed by atoms with Gasteiger partial charge in [-0.25, -0.2) is 0 Å².